The van der Waals surface area contributed by atoms with Crippen molar-refractivity contribution in [3.63, 3.8) is 0 Å². The van der Waals surface area contributed by atoms with Crippen molar-refractivity contribution >= 4 is 21.4 Å². The highest BCUT2D eigenvalue weighted by atomic mass is 28.3. The Labute approximate surface area is 422 Å². The van der Waals surface area contributed by atoms with Gasteiger partial charge in [0.05, 0.1) is 20.7 Å². The van der Waals surface area contributed by atoms with E-state index in [-0.39, 0.29) is 11.4 Å². The highest BCUT2D eigenvalue weighted by Crippen LogP contribution is 2.58. The summed E-state index contributed by atoms with van der Waals surface area (Å²) >= 11 is 0. The molecular formula is C62H42N2O8Si. The van der Waals surface area contributed by atoms with Crippen LogP contribution in [0.1, 0.15) is 44.5 Å². The van der Waals surface area contributed by atoms with Crippen LogP contribution >= 0.6 is 0 Å². The van der Waals surface area contributed by atoms with Crippen LogP contribution in [0.2, 0.25) is 0 Å². The molecule has 0 bridgehead atoms. The number of hydrogen-bond donors (Lipinski definition) is 0. The van der Waals surface area contributed by atoms with E-state index in [4.69, 9.17) is 18.3 Å². The van der Waals surface area contributed by atoms with Crippen LogP contribution in [0.25, 0.3) is 22.3 Å². The summed E-state index contributed by atoms with van der Waals surface area (Å²) in [4.78, 5) is 21.6. The van der Waals surface area contributed by atoms with E-state index in [2.05, 4.69) is 146 Å². The van der Waals surface area contributed by atoms with Crippen LogP contribution in [-0.2, 0) is 10.8 Å². The fourth-order valence-corrected chi connectivity index (χ4v) is 11.6. The SMILES string of the molecule is O=[N+]([O-])c1ccc(Oc2ccc(C3(c4ccc(O[SiH2]Oc5ccc(C6(c7ccc(Oc8ccc([N+](=O)[O-])cc8)cc7)c7ccccc7-c7ccccc76)cc5)cc4)c4ccccc4-c4ccccc43)cc2)cc1. The molecule has 0 fully saturated rings. The van der Waals surface area contributed by atoms with Gasteiger partial charge in [0.1, 0.15) is 34.5 Å². The van der Waals surface area contributed by atoms with Gasteiger partial charge in [0.2, 0.25) is 0 Å². The van der Waals surface area contributed by atoms with Gasteiger partial charge in [-0.25, -0.2) is 0 Å². The van der Waals surface area contributed by atoms with Crippen molar-refractivity contribution in [3.05, 3.63) is 307 Å². The zero-order chi connectivity index (χ0) is 49.5. The molecule has 0 radical (unpaired) electrons. The van der Waals surface area contributed by atoms with Gasteiger partial charge in [-0.05, 0) is 140 Å². The Morgan fingerprint density at radius 1 is 0.301 bits per heavy atom. The van der Waals surface area contributed by atoms with Gasteiger partial charge < -0.3 is 18.3 Å². The predicted octanol–water partition coefficient (Wildman–Crippen LogP) is 14.3. The minimum Gasteiger partial charge on any atom is -0.516 e. The van der Waals surface area contributed by atoms with E-state index in [1.54, 1.807) is 24.3 Å². The van der Waals surface area contributed by atoms with E-state index in [0.717, 1.165) is 22.3 Å². The monoisotopic (exact) mass is 970 g/mol. The fraction of sp³-hybridized carbons (Fsp3) is 0.0323. The second-order valence-corrected chi connectivity index (χ2v) is 18.7. The number of ether oxygens (including phenoxy) is 2. The van der Waals surface area contributed by atoms with Gasteiger partial charge in [0, 0.05) is 24.3 Å². The third-order valence-corrected chi connectivity index (χ3v) is 15.0. The lowest BCUT2D eigenvalue weighted by Crippen LogP contribution is -2.28. The molecule has 0 spiro atoms. The Morgan fingerprint density at radius 3 is 0.795 bits per heavy atom. The summed E-state index contributed by atoms with van der Waals surface area (Å²) in [5.74, 6) is 3.68. The number of non-ortho nitro benzene ring substituents is 2. The Morgan fingerprint density at radius 2 is 0.534 bits per heavy atom. The molecule has 0 saturated heterocycles. The Kier molecular flexibility index (Phi) is 11.2. The largest absolute Gasteiger partial charge is 0.516 e. The molecule has 0 heterocycles. The smallest absolute Gasteiger partial charge is 0.427 e. The normalized spacial score (nSPS) is 13.2. The topological polar surface area (TPSA) is 123 Å². The molecule has 0 aliphatic heterocycles. The van der Waals surface area contributed by atoms with Crippen LogP contribution in [0.5, 0.6) is 34.5 Å². The van der Waals surface area contributed by atoms with Crippen LogP contribution in [-0.4, -0.2) is 19.9 Å². The summed E-state index contributed by atoms with van der Waals surface area (Å²) in [6.45, 7) is 0. The van der Waals surface area contributed by atoms with E-state index in [0.29, 0.717) is 34.5 Å². The summed E-state index contributed by atoms with van der Waals surface area (Å²) in [6, 6.07) is 79.2. The summed E-state index contributed by atoms with van der Waals surface area (Å²) < 4.78 is 25.1. The van der Waals surface area contributed by atoms with Gasteiger partial charge in [-0.1, -0.05) is 146 Å². The lowest BCUT2D eigenvalue weighted by atomic mass is 9.68. The average molecular weight is 971 g/mol. The first-order valence-corrected chi connectivity index (χ1v) is 24.9. The van der Waals surface area contributed by atoms with E-state index in [9.17, 15) is 20.2 Å². The first-order chi connectivity index (χ1) is 35.8. The van der Waals surface area contributed by atoms with Gasteiger partial charge in [0.15, 0.2) is 0 Å². The first kappa shape index (κ1) is 44.6. The average Bonchev–Trinajstić information content (AvgIpc) is 3.91. The third kappa shape index (κ3) is 7.66. The van der Waals surface area contributed by atoms with E-state index in [1.807, 2.05) is 48.5 Å². The van der Waals surface area contributed by atoms with Crippen molar-refractivity contribution in [2.75, 3.05) is 0 Å². The molecule has 2 aliphatic rings. The molecule has 0 aromatic heterocycles. The quantitative estimate of drug-likeness (QED) is 0.0600. The number of rotatable bonds is 14. The highest BCUT2D eigenvalue weighted by molar-refractivity contribution is 6.20. The number of nitrogens with zero attached hydrogens (tertiary/aromatic N) is 2. The standard InChI is InChI=1S/C62H42N2O8Si/c65-63(66)45-25-37-49(38-26-45)69-47-29-17-41(18-30-47)61(57-13-5-1-9-53(57)54-10-2-6-14-58(54)61)43-21-33-51(34-22-43)71-73-72-52-35-23-44(24-36-52)62(59-15-7-3-11-55(59)56-12-4-8-16-60(56)62)42-19-31-48(32-20-42)70-50-39-27-46(28-40-50)64(67)68/h1-40H,73H2. The molecule has 0 saturated carbocycles. The summed E-state index contributed by atoms with van der Waals surface area (Å²) in [6.07, 6.45) is 0. The Hall–Kier alpha value is -9.58. The highest BCUT2D eigenvalue weighted by Gasteiger charge is 2.47. The molecule has 0 N–H and O–H groups in total. The molecule has 2 aliphatic carbocycles. The van der Waals surface area contributed by atoms with Gasteiger partial charge >= 0.3 is 10.0 Å². The maximum Gasteiger partial charge on any atom is 0.427 e. The predicted molar refractivity (Wildman–Crippen MR) is 284 cm³/mol. The van der Waals surface area contributed by atoms with Crippen molar-refractivity contribution in [2.24, 2.45) is 0 Å². The molecule has 0 amide bonds. The maximum absolute atomic E-state index is 11.2. The van der Waals surface area contributed by atoms with Crippen molar-refractivity contribution in [1.29, 1.82) is 0 Å². The number of hydrogen-bond acceptors (Lipinski definition) is 8. The molecule has 0 unspecified atom stereocenters. The molecule has 0 atom stereocenters. The first-order valence-electron chi connectivity index (χ1n) is 23.7. The zero-order valence-corrected chi connectivity index (χ0v) is 40.4. The fourth-order valence-electron chi connectivity index (χ4n) is 10.9. The van der Waals surface area contributed by atoms with Crippen LogP contribution in [0.3, 0.4) is 0 Å². The molecule has 11 heteroatoms. The molecule has 10 aromatic carbocycles. The van der Waals surface area contributed by atoms with E-state index in [1.165, 1.54) is 68.8 Å². The van der Waals surface area contributed by atoms with Gasteiger partial charge in [-0.15, -0.1) is 0 Å². The van der Waals surface area contributed by atoms with Crippen molar-refractivity contribution < 1.29 is 28.2 Å². The molecule has 10 nitrogen and oxygen atoms in total. The van der Waals surface area contributed by atoms with Gasteiger partial charge in [0.25, 0.3) is 11.4 Å². The van der Waals surface area contributed by atoms with Crippen molar-refractivity contribution in [3.8, 4) is 56.8 Å². The molecule has 10 aromatic rings. The second kappa shape index (κ2) is 18.3. The molecule has 12 rings (SSSR count). The minimum atomic E-state index is -1.53. The summed E-state index contributed by atoms with van der Waals surface area (Å²) in [5.41, 5.74) is 12.4. The van der Waals surface area contributed by atoms with E-state index < -0.39 is 30.7 Å². The van der Waals surface area contributed by atoms with Crippen LogP contribution < -0.4 is 18.3 Å². The Bertz CT molecular complexity index is 3360. The minimum absolute atomic E-state index is 0.00473. The number of fused-ring (bicyclic) bond motifs is 6. The van der Waals surface area contributed by atoms with Crippen molar-refractivity contribution in [2.45, 2.75) is 10.8 Å². The Balaban J connectivity index is 0.805. The lowest BCUT2D eigenvalue weighted by Gasteiger charge is -2.34. The zero-order valence-electron chi connectivity index (χ0n) is 39.0. The number of benzene rings is 10. The third-order valence-electron chi connectivity index (χ3n) is 14.1. The van der Waals surface area contributed by atoms with Crippen LogP contribution in [0, 0.1) is 20.2 Å². The number of nitro groups is 2. The maximum atomic E-state index is 11.2. The summed E-state index contributed by atoms with van der Waals surface area (Å²) in [5, 5.41) is 22.4. The molecule has 73 heavy (non-hydrogen) atoms. The molecular weight excluding hydrogens is 929 g/mol. The molecule has 352 valence electrons. The number of nitro benzene ring substituents is 2. The second-order valence-electron chi connectivity index (χ2n) is 17.9. The van der Waals surface area contributed by atoms with Crippen LogP contribution in [0.4, 0.5) is 11.4 Å². The van der Waals surface area contributed by atoms with Gasteiger partial charge in [-0.2, -0.15) is 0 Å². The van der Waals surface area contributed by atoms with Crippen molar-refractivity contribution in [1.82, 2.24) is 0 Å². The van der Waals surface area contributed by atoms with E-state index >= 15 is 0 Å². The van der Waals surface area contributed by atoms with Gasteiger partial charge in [-0.3, -0.25) is 20.2 Å². The summed E-state index contributed by atoms with van der Waals surface area (Å²) in [7, 11) is -1.53. The lowest BCUT2D eigenvalue weighted by molar-refractivity contribution is -0.385. The van der Waals surface area contributed by atoms with Crippen LogP contribution in [0.15, 0.2) is 243 Å².